The van der Waals surface area contributed by atoms with Crippen molar-refractivity contribution in [1.82, 2.24) is 14.9 Å². The van der Waals surface area contributed by atoms with E-state index in [1.807, 2.05) is 0 Å². The normalized spacial score (nSPS) is 17.9. The van der Waals surface area contributed by atoms with E-state index in [0.717, 1.165) is 0 Å². The molecule has 0 radical (unpaired) electrons. The summed E-state index contributed by atoms with van der Waals surface area (Å²) in [6.45, 7) is 2.33. The Labute approximate surface area is 168 Å². The molecule has 1 amide bonds. The van der Waals surface area contributed by atoms with Crippen molar-refractivity contribution < 1.29 is 23.8 Å². The monoisotopic (exact) mass is 398 g/mol. The number of aromatic nitrogens is 2. The van der Waals surface area contributed by atoms with Gasteiger partial charge in [0, 0.05) is 31.6 Å². The minimum absolute atomic E-state index is 0.162. The first-order valence-electron chi connectivity index (χ1n) is 9.43. The fourth-order valence-corrected chi connectivity index (χ4v) is 3.49. The topological polar surface area (TPSA) is 103 Å². The number of nitrogens with one attached hydrogen (secondary N) is 1. The summed E-state index contributed by atoms with van der Waals surface area (Å²) in [5.41, 5.74) is 1.37. The van der Waals surface area contributed by atoms with E-state index < -0.39 is 11.8 Å². The Hall–Kier alpha value is -3.04. The molecule has 0 saturated carbocycles. The predicted octanol–water partition coefficient (Wildman–Crippen LogP) is 1.99. The second-order valence-corrected chi connectivity index (χ2v) is 6.88. The van der Waals surface area contributed by atoms with Gasteiger partial charge < -0.3 is 24.4 Å². The van der Waals surface area contributed by atoms with Gasteiger partial charge >= 0.3 is 5.97 Å². The van der Waals surface area contributed by atoms with Crippen LogP contribution in [-0.4, -0.2) is 65.9 Å². The average Bonchev–Trinajstić information content (AvgIpc) is 3.22. The maximum atomic E-state index is 12.7. The fourth-order valence-electron chi connectivity index (χ4n) is 3.49. The Morgan fingerprint density at radius 3 is 2.55 bits per heavy atom. The molecule has 1 N–H and O–H groups in total. The molecule has 2 fully saturated rings. The van der Waals surface area contributed by atoms with Crippen molar-refractivity contribution in [3.63, 3.8) is 0 Å². The summed E-state index contributed by atoms with van der Waals surface area (Å²) in [5.74, 6) is -0.634. The number of carbonyl (C=O) groups excluding carboxylic acids is 2. The van der Waals surface area contributed by atoms with Crippen molar-refractivity contribution in [3.8, 4) is 0 Å². The second-order valence-electron chi connectivity index (χ2n) is 6.88. The Bertz CT molecular complexity index is 886. The van der Waals surface area contributed by atoms with Gasteiger partial charge in [-0.2, -0.15) is 0 Å². The summed E-state index contributed by atoms with van der Waals surface area (Å²) in [5, 5.41) is 3.06. The first-order valence-corrected chi connectivity index (χ1v) is 9.43. The zero-order chi connectivity index (χ0) is 20.3. The Kier molecular flexibility index (Phi) is 5.41. The number of benzene rings is 1. The van der Waals surface area contributed by atoms with Gasteiger partial charge in [-0.25, -0.2) is 14.8 Å². The van der Waals surface area contributed by atoms with E-state index in [1.54, 1.807) is 29.2 Å². The molecule has 9 heteroatoms. The maximum Gasteiger partial charge on any atom is 0.337 e. The summed E-state index contributed by atoms with van der Waals surface area (Å²) >= 11 is 0. The molecule has 0 atom stereocenters. The average molecular weight is 398 g/mol. The van der Waals surface area contributed by atoms with Crippen molar-refractivity contribution >= 4 is 23.4 Å². The molecule has 9 nitrogen and oxygen atoms in total. The van der Waals surface area contributed by atoms with Crippen molar-refractivity contribution in [2.24, 2.45) is 0 Å². The van der Waals surface area contributed by atoms with Gasteiger partial charge in [-0.05, 0) is 18.2 Å². The number of piperidine rings is 1. The summed E-state index contributed by atoms with van der Waals surface area (Å²) in [4.78, 5) is 34.6. The molecule has 0 aliphatic carbocycles. The van der Waals surface area contributed by atoms with E-state index in [9.17, 15) is 9.59 Å². The van der Waals surface area contributed by atoms with Gasteiger partial charge in [0.2, 0.25) is 0 Å². The van der Waals surface area contributed by atoms with Crippen LogP contribution in [0.25, 0.3) is 0 Å². The van der Waals surface area contributed by atoms with E-state index in [4.69, 9.17) is 14.2 Å². The number of hydrogen-bond donors (Lipinski definition) is 1. The van der Waals surface area contributed by atoms with Gasteiger partial charge in [0.1, 0.15) is 11.5 Å². The number of likely N-dealkylation sites (tertiary alicyclic amines) is 1. The number of carbonyl (C=O) groups is 2. The molecule has 2 aliphatic rings. The first-order chi connectivity index (χ1) is 14.1. The largest absolute Gasteiger partial charge is 0.465 e. The van der Waals surface area contributed by atoms with E-state index in [2.05, 4.69) is 15.3 Å². The van der Waals surface area contributed by atoms with Crippen LogP contribution in [0.15, 0.2) is 36.7 Å². The minimum Gasteiger partial charge on any atom is -0.465 e. The van der Waals surface area contributed by atoms with Gasteiger partial charge in [0.25, 0.3) is 5.91 Å². The molecule has 2 saturated heterocycles. The highest BCUT2D eigenvalue weighted by atomic mass is 16.7. The number of rotatable bonds is 4. The molecule has 2 aliphatic heterocycles. The van der Waals surface area contributed by atoms with Crippen LogP contribution in [0.2, 0.25) is 0 Å². The van der Waals surface area contributed by atoms with Crippen LogP contribution in [0.1, 0.15) is 33.7 Å². The van der Waals surface area contributed by atoms with E-state index in [1.165, 1.54) is 19.5 Å². The molecule has 152 valence electrons. The van der Waals surface area contributed by atoms with Crippen LogP contribution in [0, 0.1) is 0 Å². The van der Waals surface area contributed by atoms with Gasteiger partial charge in [0.15, 0.2) is 5.79 Å². The van der Waals surface area contributed by atoms with Crippen molar-refractivity contribution in [3.05, 3.63) is 47.9 Å². The lowest BCUT2D eigenvalue weighted by molar-refractivity contribution is -0.181. The smallest absolute Gasteiger partial charge is 0.337 e. The number of methoxy groups -OCH3 is 1. The van der Waals surface area contributed by atoms with E-state index in [-0.39, 0.29) is 11.6 Å². The molecule has 1 spiro atoms. The molecule has 0 bridgehead atoms. The third kappa shape index (κ3) is 4.20. The van der Waals surface area contributed by atoms with Crippen LogP contribution in [0.5, 0.6) is 0 Å². The number of esters is 1. The Morgan fingerprint density at radius 2 is 1.90 bits per heavy atom. The van der Waals surface area contributed by atoms with Gasteiger partial charge in [-0.3, -0.25) is 4.79 Å². The molecule has 0 unspecified atom stereocenters. The van der Waals surface area contributed by atoms with Crippen molar-refractivity contribution in [1.29, 1.82) is 0 Å². The highest BCUT2D eigenvalue weighted by Gasteiger charge is 2.41. The quantitative estimate of drug-likeness (QED) is 0.780. The molecule has 1 aromatic heterocycles. The SMILES string of the molecule is COC(=O)c1cccc(Nc2cnc(C(=O)N3CCC4(CC3)OCCO4)cn2)c1. The minimum atomic E-state index is -0.519. The highest BCUT2D eigenvalue weighted by molar-refractivity contribution is 5.92. The lowest BCUT2D eigenvalue weighted by Crippen LogP contribution is -2.47. The lowest BCUT2D eigenvalue weighted by atomic mass is 10.0. The zero-order valence-electron chi connectivity index (χ0n) is 16.1. The van der Waals surface area contributed by atoms with Crippen molar-refractivity contribution in [2.75, 3.05) is 38.7 Å². The number of nitrogens with zero attached hydrogens (tertiary/aromatic N) is 3. The van der Waals surface area contributed by atoms with E-state index >= 15 is 0 Å². The summed E-state index contributed by atoms with van der Waals surface area (Å²) in [6, 6.07) is 6.85. The van der Waals surface area contributed by atoms with Crippen LogP contribution in [0.3, 0.4) is 0 Å². The third-order valence-electron chi connectivity index (χ3n) is 5.05. The van der Waals surface area contributed by atoms with Gasteiger partial charge in [0.05, 0.1) is 38.3 Å². The fraction of sp³-hybridized carbons (Fsp3) is 0.400. The number of amides is 1. The Morgan fingerprint density at radius 1 is 1.14 bits per heavy atom. The predicted molar refractivity (Wildman–Crippen MR) is 103 cm³/mol. The molecular formula is C20H22N4O5. The van der Waals surface area contributed by atoms with Gasteiger partial charge in [-0.1, -0.05) is 6.07 Å². The highest BCUT2D eigenvalue weighted by Crippen LogP contribution is 2.31. The third-order valence-corrected chi connectivity index (χ3v) is 5.05. The molecular weight excluding hydrogens is 376 g/mol. The lowest BCUT2D eigenvalue weighted by Gasteiger charge is -2.37. The maximum absolute atomic E-state index is 12.7. The number of anilines is 2. The van der Waals surface area contributed by atoms with Crippen LogP contribution >= 0.6 is 0 Å². The first kappa shape index (κ1) is 19.3. The van der Waals surface area contributed by atoms with Crippen LogP contribution in [0.4, 0.5) is 11.5 Å². The molecule has 1 aromatic carbocycles. The molecule has 2 aromatic rings. The summed E-state index contributed by atoms with van der Waals surface area (Å²) in [6.07, 6.45) is 4.25. The summed E-state index contributed by atoms with van der Waals surface area (Å²) in [7, 11) is 1.33. The zero-order valence-corrected chi connectivity index (χ0v) is 16.1. The molecule has 3 heterocycles. The van der Waals surface area contributed by atoms with Crippen LogP contribution in [-0.2, 0) is 14.2 Å². The standard InChI is InChI=1S/C20H22N4O5/c1-27-19(26)14-3-2-4-15(11-14)23-17-13-21-16(12-22-17)18(25)24-7-5-20(6-8-24)28-9-10-29-20/h2-4,11-13H,5-10H2,1H3,(H,22,23). The van der Waals surface area contributed by atoms with E-state index in [0.29, 0.717) is 56.2 Å². The van der Waals surface area contributed by atoms with Gasteiger partial charge in [-0.15, -0.1) is 0 Å². The second kappa shape index (κ2) is 8.14. The number of ether oxygens (including phenoxy) is 3. The number of hydrogen-bond acceptors (Lipinski definition) is 8. The van der Waals surface area contributed by atoms with Crippen LogP contribution < -0.4 is 5.32 Å². The summed E-state index contributed by atoms with van der Waals surface area (Å²) < 4.78 is 16.1. The molecule has 29 heavy (non-hydrogen) atoms. The Balaban J connectivity index is 1.38. The van der Waals surface area contributed by atoms with Crippen molar-refractivity contribution in [2.45, 2.75) is 18.6 Å². The molecule has 4 rings (SSSR count).